The lowest BCUT2D eigenvalue weighted by Gasteiger charge is -2.61. The summed E-state index contributed by atoms with van der Waals surface area (Å²) in [7, 11) is 3.89. The zero-order chi connectivity index (χ0) is 24.0. The van der Waals surface area contributed by atoms with Crippen molar-refractivity contribution in [3.63, 3.8) is 0 Å². The summed E-state index contributed by atoms with van der Waals surface area (Å²) in [6.45, 7) is 2.82. The summed E-state index contributed by atoms with van der Waals surface area (Å²) in [6.07, 6.45) is 14.5. The highest BCUT2D eigenvalue weighted by molar-refractivity contribution is 8.76. The molecule has 0 aromatic rings. The van der Waals surface area contributed by atoms with Crippen LogP contribution in [0.4, 0.5) is 0 Å². The van der Waals surface area contributed by atoms with Crippen LogP contribution in [-0.4, -0.2) is 41.0 Å². The van der Waals surface area contributed by atoms with Crippen molar-refractivity contribution in [2.45, 2.75) is 96.4 Å². The Hall–Kier alpha value is -0.660. The number of nitrogens with two attached hydrogens (primary N) is 2. The number of aliphatic hydroxyl groups is 1. The van der Waals surface area contributed by atoms with Crippen LogP contribution >= 0.6 is 21.6 Å². The SMILES string of the molecule is C[C@]12CCSSC[C@@H](N=C(N)N)CCCC3=C4C[C@H]1CC1(CCCC1)[C@@H](CCCO)[C@@]42CC3=O. The van der Waals surface area contributed by atoms with Crippen LogP contribution in [0.25, 0.3) is 0 Å². The van der Waals surface area contributed by atoms with Gasteiger partial charge in [-0.2, -0.15) is 0 Å². The summed E-state index contributed by atoms with van der Waals surface area (Å²) in [5, 5.41) is 9.84. The monoisotopic (exact) mass is 505 g/mol. The predicted octanol–water partition coefficient (Wildman–Crippen LogP) is 5.22. The largest absolute Gasteiger partial charge is 0.396 e. The van der Waals surface area contributed by atoms with Crippen LogP contribution in [0.2, 0.25) is 0 Å². The molecule has 1 aliphatic heterocycles. The first-order valence-electron chi connectivity index (χ1n) is 13.6. The van der Waals surface area contributed by atoms with E-state index in [0.29, 0.717) is 23.0 Å². The lowest BCUT2D eigenvalue weighted by Crippen LogP contribution is -2.55. The lowest BCUT2D eigenvalue weighted by molar-refractivity contribution is -0.134. The van der Waals surface area contributed by atoms with Gasteiger partial charge in [0.15, 0.2) is 11.7 Å². The Kier molecular flexibility index (Phi) is 7.11. The van der Waals surface area contributed by atoms with Crippen LogP contribution in [0.3, 0.4) is 0 Å². The van der Waals surface area contributed by atoms with Crippen molar-refractivity contribution >= 4 is 33.3 Å². The van der Waals surface area contributed by atoms with Crippen LogP contribution in [0.15, 0.2) is 16.1 Å². The van der Waals surface area contributed by atoms with Crippen molar-refractivity contribution in [2.24, 2.45) is 44.5 Å². The number of carbonyl (C=O) groups excluding carboxylic acids is 1. The van der Waals surface area contributed by atoms with E-state index in [9.17, 15) is 9.90 Å². The Morgan fingerprint density at radius 1 is 1.18 bits per heavy atom. The third-order valence-corrected chi connectivity index (χ3v) is 13.1. The standard InChI is InChI=1S/C27H43N3O2S2/c1-25-11-13-33-34-17-19(30-24(28)29)6-4-7-20-21-14-18(25)15-26(9-2-3-10-26)23(8-5-12-31)27(21,25)16-22(20)32/h18-19,23,31H,2-17H2,1H3,(H4,28,29,30)/t18-,19-,23+,25-,27+/m0/s1. The molecule has 34 heavy (non-hydrogen) atoms. The van der Waals surface area contributed by atoms with Gasteiger partial charge in [-0.05, 0) is 92.4 Å². The number of ketones is 1. The number of allylic oxidation sites excluding steroid dienone is 2. The summed E-state index contributed by atoms with van der Waals surface area (Å²) in [4.78, 5) is 18.2. The molecular weight excluding hydrogens is 462 g/mol. The van der Waals surface area contributed by atoms with Crippen molar-refractivity contribution in [3.05, 3.63) is 11.1 Å². The van der Waals surface area contributed by atoms with Crippen LogP contribution in [0.5, 0.6) is 0 Å². The van der Waals surface area contributed by atoms with Crippen LogP contribution in [0, 0.1) is 28.1 Å². The Morgan fingerprint density at radius 2 is 1.97 bits per heavy atom. The first kappa shape index (κ1) is 25.0. The average Bonchev–Trinajstić information content (AvgIpc) is 3.39. The Morgan fingerprint density at radius 3 is 2.71 bits per heavy atom. The molecule has 5 N–H and O–H groups in total. The summed E-state index contributed by atoms with van der Waals surface area (Å²) in [5.74, 6) is 3.90. The van der Waals surface area contributed by atoms with Gasteiger partial charge < -0.3 is 16.6 Å². The predicted molar refractivity (Wildman–Crippen MR) is 144 cm³/mol. The molecule has 0 saturated heterocycles. The van der Waals surface area contributed by atoms with Gasteiger partial charge in [-0.25, -0.2) is 4.99 Å². The number of hydrogen-bond donors (Lipinski definition) is 3. The first-order valence-corrected chi connectivity index (χ1v) is 16.0. The van der Waals surface area contributed by atoms with E-state index < -0.39 is 0 Å². The molecule has 0 aromatic carbocycles. The van der Waals surface area contributed by atoms with E-state index in [4.69, 9.17) is 11.5 Å². The average molecular weight is 506 g/mol. The molecular formula is C27H43N3O2S2. The molecule has 5 aliphatic rings. The molecule has 190 valence electrons. The molecule has 3 fully saturated rings. The van der Waals surface area contributed by atoms with Gasteiger partial charge in [0, 0.05) is 29.9 Å². The van der Waals surface area contributed by atoms with Gasteiger partial charge in [0.1, 0.15) is 0 Å². The second-order valence-electron chi connectivity index (χ2n) is 12.0. The Balaban J connectivity index is 1.56. The molecule has 0 amide bonds. The van der Waals surface area contributed by atoms with Crippen LogP contribution in [0.1, 0.15) is 90.4 Å². The van der Waals surface area contributed by atoms with Crippen molar-refractivity contribution in [3.8, 4) is 0 Å². The molecule has 7 heteroatoms. The van der Waals surface area contributed by atoms with Crippen molar-refractivity contribution < 1.29 is 9.90 Å². The highest BCUT2D eigenvalue weighted by Gasteiger charge is 2.72. The smallest absolute Gasteiger partial charge is 0.186 e. The van der Waals surface area contributed by atoms with E-state index in [2.05, 4.69) is 11.9 Å². The zero-order valence-corrected chi connectivity index (χ0v) is 22.5. The molecule has 2 spiro atoms. The molecule has 5 rings (SSSR count). The number of guanidine groups is 1. The van der Waals surface area contributed by atoms with Crippen molar-refractivity contribution in [1.29, 1.82) is 0 Å². The maximum Gasteiger partial charge on any atom is 0.186 e. The summed E-state index contributed by atoms with van der Waals surface area (Å²) >= 11 is 0. The Labute approximate surface area is 213 Å². The fraction of sp³-hybridized carbons (Fsp3) is 0.852. The minimum atomic E-state index is 0.0281. The maximum absolute atomic E-state index is 13.8. The van der Waals surface area contributed by atoms with Crippen molar-refractivity contribution in [2.75, 3.05) is 18.1 Å². The highest BCUT2D eigenvalue weighted by atomic mass is 33.1. The summed E-state index contributed by atoms with van der Waals surface area (Å²) in [6, 6.07) is 0.130. The molecule has 4 aliphatic carbocycles. The lowest BCUT2D eigenvalue weighted by atomic mass is 9.42. The second kappa shape index (κ2) is 9.66. The second-order valence-corrected chi connectivity index (χ2v) is 14.6. The number of carbonyl (C=O) groups is 1. The van der Waals surface area contributed by atoms with Gasteiger partial charge in [-0.3, -0.25) is 4.79 Å². The fourth-order valence-electron chi connectivity index (χ4n) is 9.32. The van der Waals surface area contributed by atoms with Gasteiger partial charge in [0.05, 0.1) is 6.04 Å². The topological polar surface area (TPSA) is 102 Å². The number of hydrogen-bond acceptors (Lipinski definition) is 5. The number of nitrogens with zero attached hydrogens (tertiary/aromatic N) is 1. The molecule has 0 aromatic heterocycles. The van der Waals surface area contributed by atoms with Gasteiger partial charge in [0.25, 0.3) is 0 Å². The van der Waals surface area contributed by atoms with Gasteiger partial charge in [-0.15, -0.1) is 0 Å². The van der Waals surface area contributed by atoms with Gasteiger partial charge in [0.2, 0.25) is 0 Å². The molecule has 1 heterocycles. The number of aliphatic imine (C=N–C) groups is 1. The molecule has 3 saturated carbocycles. The molecule has 0 radical (unpaired) electrons. The first-order chi connectivity index (χ1) is 16.4. The van der Waals surface area contributed by atoms with E-state index in [1.165, 1.54) is 44.1 Å². The van der Waals surface area contributed by atoms with E-state index in [-0.39, 0.29) is 29.4 Å². The Bertz CT molecular complexity index is 864. The number of aliphatic hydroxyl groups excluding tert-OH is 1. The highest BCUT2D eigenvalue weighted by Crippen LogP contribution is 2.79. The summed E-state index contributed by atoms with van der Waals surface area (Å²) < 4.78 is 0. The van der Waals surface area contributed by atoms with Gasteiger partial charge >= 0.3 is 0 Å². The fourth-order valence-corrected chi connectivity index (χ4v) is 11.8. The van der Waals surface area contributed by atoms with E-state index >= 15 is 0 Å². The minimum absolute atomic E-state index is 0.0281. The maximum atomic E-state index is 13.8. The van der Waals surface area contributed by atoms with E-state index in [0.717, 1.165) is 56.5 Å². The molecule has 5 nitrogen and oxygen atoms in total. The van der Waals surface area contributed by atoms with E-state index in [1.54, 1.807) is 5.57 Å². The molecule has 5 bridgehead atoms. The molecule has 0 unspecified atom stereocenters. The summed E-state index contributed by atoms with van der Waals surface area (Å²) in [5.41, 5.74) is 14.8. The van der Waals surface area contributed by atoms with Crippen LogP contribution < -0.4 is 11.5 Å². The van der Waals surface area contributed by atoms with Crippen LogP contribution in [-0.2, 0) is 4.79 Å². The molecule has 5 atom stereocenters. The number of Topliss-reactive ketones (excluding diaryl/α,β-unsaturated/α-hetero) is 1. The van der Waals surface area contributed by atoms with Crippen molar-refractivity contribution in [1.82, 2.24) is 0 Å². The van der Waals surface area contributed by atoms with E-state index in [1.807, 2.05) is 21.6 Å². The zero-order valence-electron chi connectivity index (χ0n) is 20.8. The number of rotatable bonds is 4. The van der Waals surface area contributed by atoms with Gasteiger partial charge in [-0.1, -0.05) is 46.9 Å². The third kappa shape index (κ3) is 3.87. The third-order valence-electron chi connectivity index (χ3n) is 10.6. The normalized spacial score (nSPS) is 39.6. The minimum Gasteiger partial charge on any atom is -0.396 e. The quantitative estimate of drug-likeness (QED) is 0.275.